The highest BCUT2D eigenvalue weighted by Crippen LogP contribution is 2.01. The molecule has 0 radical (unpaired) electrons. The molecule has 0 amide bonds. The first-order valence-electron chi connectivity index (χ1n) is 8.27. The summed E-state index contributed by atoms with van der Waals surface area (Å²) in [5.41, 5.74) is 0. The van der Waals surface area contributed by atoms with Crippen molar-refractivity contribution in [1.82, 2.24) is 0 Å². The highest BCUT2D eigenvalue weighted by molar-refractivity contribution is 5.66. The van der Waals surface area contributed by atoms with Crippen molar-refractivity contribution in [2.45, 2.75) is 71.1 Å². The van der Waals surface area contributed by atoms with E-state index in [0.29, 0.717) is 25.7 Å². The van der Waals surface area contributed by atoms with E-state index in [9.17, 15) is 4.79 Å². The Morgan fingerprint density at radius 1 is 0.667 bits per heavy atom. The van der Waals surface area contributed by atoms with Crippen LogP contribution in [0, 0.1) is 59.2 Å². The van der Waals surface area contributed by atoms with E-state index >= 15 is 0 Å². The molecule has 0 heterocycles. The fraction of sp³-hybridized carbons (Fsp3) is 0.500. The van der Waals surface area contributed by atoms with Crippen molar-refractivity contribution >= 4 is 5.97 Å². The minimum absolute atomic E-state index is 0.248. The zero-order valence-electron chi connectivity index (χ0n) is 14.4. The Kier molecular flexibility index (Phi) is 16.2. The standard InChI is InChI=1S/C22H24O2/c1-2-3-4-5-6-7-8-9-10-11-12-13-14-15-16-17-18-19-20-21-22(23)24/h2,5,8,11,14,17-21H2,1H3,(H,23,24). The maximum absolute atomic E-state index is 10.3. The topological polar surface area (TPSA) is 37.3 Å². The average Bonchev–Trinajstić information content (AvgIpc) is 2.56. The third-order valence-corrected chi connectivity index (χ3v) is 2.70. The molecule has 0 aliphatic heterocycles. The van der Waals surface area contributed by atoms with Crippen LogP contribution in [0.5, 0.6) is 0 Å². The molecule has 2 nitrogen and oxygen atoms in total. The lowest BCUT2D eigenvalue weighted by Crippen LogP contribution is -1.93. The summed E-state index contributed by atoms with van der Waals surface area (Å²) < 4.78 is 0. The molecule has 0 saturated heterocycles. The number of unbranched alkanes of at least 4 members (excludes halogenated alkanes) is 3. The van der Waals surface area contributed by atoms with Crippen LogP contribution in [0.1, 0.15) is 71.1 Å². The Labute approximate surface area is 146 Å². The molecule has 0 aromatic rings. The minimum Gasteiger partial charge on any atom is -0.481 e. The first-order valence-corrected chi connectivity index (χ1v) is 8.27. The second kappa shape index (κ2) is 18.3. The normalized spacial score (nSPS) is 7.71. The Bertz CT molecular complexity index is 658. The summed E-state index contributed by atoms with van der Waals surface area (Å²) in [7, 11) is 0. The lowest BCUT2D eigenvalue weighted by molar-refractivity contribution is -0.137. The maximum atomic E-state index is 10.3. The lowest BCUT2D eigenvalue weighted by Gasteiger charge is -1.93. The third kappa shape index (κ3) is 19.3. The van der Waals surface area contributed by atoms with Gasteiger partial charge in [0.15, 0.2) is 0 Å². The van der Waals surface area contributed by atoms with E-state index in [2.05, 4.69) is 59.2 Å². The van der Waals surface area contributed by atoms with Crippen LogP contribution >= 0.6 is 0 Å². The van der Waals surface area contributed by atoms with Gasteiger partial charge in [-0.3, -0.25) is 4.79 Å². The number of carboxylic acids is 1. The van der Waals surface area contributed by atoms with Crippen molar-refractivity contribution in [2.75, 3.05) is 0 Å². The summed E-state index contributed by atoms with van der Waals surface area (Å²) in [5.74, 6) is 29.0. The van der Waals surface area contributed by atoms with Gasteiger partial charge in [-0.1, -0.05) is 60.7 Å². The molecule has 0 saturated carbocycles. The van der Waals surface area contributed by atoms with Gasteiger partial charge >= 0.3 is 5.97 Å². The molecule has 124 valence electrons. The predicted molar refractivity (Wildman–Crippen MR) is 98.4 cm³/mol. The molecule has 0 aliphatic carbocycles. The first-order chi connectivity index (χ1) is 11.8. The molecule has 0 atom stereocenters. The van der Waals surface area contributed by atoms with Gasteiger partial charge in [0.2, 0.25) is 0 Å². The third-order valence-electron chi connectivity index (χ3n) is 2.70. The molecular formula is C22H24O2. The van der Waals surface area contributed by atoms with Crippen molar-refractivity contribution in [3.63, 3.8) is 0 Å². The summed E-state index contributed by atoms with van der Waals surface area (Å²) in [6.45, 7) is 2.02. The van der Waals surface area contributed by atoms with Crippen LogP contribution in [0.15, 0.2) is 0 Å². The van der Waals surface area contributed by atoms with Crippen molar-refractivity contribution in [3.8, 4) is 59.2 Å². The second-order valence-corrected chi connectivity index (χ2v) is 4.78. The number of carbonyl (C=O) groups is 1. The highest BCUT2D eigenvalue weighted by atomic mass is 16.4. The number of aliphatic carboxylic acids is 1. The summed E-state index contributed by atoms with van der Waals surface area (Å²) in [4.78, 5) is 10.3. The molecule has 24 heavy (non-hydrogen) atoms. The zero-order chi connectivity index (χ0) is 17.7. The molecule has 1 N–H and O–H groups in total. The molecule has 0 aromatic heterocycles. The van der Waals surface area contributed by atoms with E-state index in [1.165, 1.54) is 0 Å². The zero-order valence-corrected chi connectivity index (χ0v) is 14.4. The molecule has 0 spiro atoms. The smallest absolute Gasteiger partial charge is 0.303 e. The largest absolute Gasteiger partial charge is 0.481 e. The molecule has 0 fully saturated rings. The van der Waals surface area contributed by atoms with E-state index in [1.54, 1.807) is 0 Å². The Balaban J connectivity index is 3.60. The van der Waals surface area contributed by atoms with Gasteiger partial charge in [0.25, 0.3) is 0 Å². The maximum Gasteiger partial charge on any atom is 0.303 e. The van der Waals surface area contributed by atoms with Crippen molar-refractivity contribution in [3.05, 3.63) is 0 Å². The van der Waals surface area contributed by atoms with E-state index in [0.717, 1.165) is 32.1 Å². The van der Waals surface area contributed by atoms with Gasteiger partial charge in [0.1, 0.15) is 0 Å². The number of carboxylic acid groups (broad SMARTS) is 1. The van der Waals surface area contributed by atoms with Gasteiger partial charge in [-0.2, -0.15) is 0 Å². The SMILES string of the molecule is CCC#CCC#CCC#CCC#CCC#CCCCCCC(=O)O. The van der Waals surface area contributed by atoms with Crippen LogP contribution in [0.2, 0.25) is 0 Å². The Hall–Kier alpha value is -2.73. The summed E-state index contributed by atoms with van der Waals surface area (Å²) >= 11 is 0. The van der Waals surface area contributed by atoms with Crippen LogP contribution in [0.25, 0.3) is 0 Å². The van der Waals surface area contributed by atoms with Gasteiger partial charge in [0.05, 0.1) is 25.7 Å². The molecule has 0 bridgehead atoms. The predicted octanol–water partition coefficient (Wildman–Crippen LogP) is 4.01. The molecule has 0 aliphatic rings. The van der Waals surface area contributed by atoms with Gasteiger partial charge in [0, 0.05) is 19.3 Å². The molecule has 0 rings (SSSR count). The van der Waals surface area contributed by atoms with Gasteiger partial charge in [-0.05, 0) is 12.8 Å². The van der Waals surface area contributed by atoms with Crippen molar-refractivity contribution in [1.29, 1.82) is 0 Å². The molecule has 0 aromatic carbocycles. The monoisotopic (exact) mass is 320 g/mol. The van der Waals surface area contributed by atoms with Crippen LogP contribution in [0.4, 0.5) is 0 Å². The number of hydrogen-bond acceptors (Lipinski definition) is 1. The Morgan fingerprint density at radius 2 is 1.12 bits per heavy atom. The van der Waals surface area contributed by atoms with Crippen LogP contribution in [-0.2, 0) is 4.79 Å². The van der Waals surface area contributed by atoms with Crippen molar-refractivity contribution in [2.24, 2.45) is 0 Å². The average molecular weight is 320 g/mol. The van der Waals surface area contributed by atoms with Gasteiger partial charge in [-0.25, -0.2) is 0 Å². The summed E-state index contributed by atoms with van der Waals surface area (Å²) in [6, 6.07) is 0. The van der Waals surface area contributed by atoms with Crippen LogP contribution < -0.4 is 0 Å². The van der Waals surface area contributed by atoms with E-state index in [4.69, 9.17) is 5.11 Å². The Morgan fingerprint density at radius 3 is 1.58 bits per heavy atom. The number of rotatable bonds is 5. The van der Waals surface area contributed by atoms with E-state index < -0.39 is 5.97 Å². The lowest BCUT2D eigenvalue weighted by atomic mass is 10.1. The van der Waals surface area contributed by atoms with E-state index in [1.807, 2.05) is 6.92 Å². The summed E-state index contributed by atoms with van der Waals surface area (Å²) in [6.07, 6.45) is 6.82. The molecule has 0 unspecified atom stereocenters. The fourth-order valence-corrected chi connectivity index (χ4v) is 1.56. The fourth-order valence-electron chi connectivity index (χ4n) is 1.56. The number of hydrogen-bond donors (Lipinski definition) is 1. The summed E-state index contributed by atoms with van der Waals surface area (Å²) in [5, 5.41) is 8.49. The van der Waals surface area contributed by atoms with Crippen LogP contribution in [-0.4, -0.2) is 11.1 Å². The molecular weight excluding hydrogens is 296 g/mol. The molecule has 2 heteroatoms. The van der Waals surface area contributed by atoms with Gasteiger partial charge < -0.3 is 5.11 Å². The quantitative estimate of drug-likeness (QED) is 0.614. The highest BCUT2D eigenvalue weighted by Gasteiger charge is 1.94. The van der Waals surface area contributed by atoms with Gasteiger partial charge in [-0.15, -0.1) is 11.8 Å². The van der Waals surface area contributed by atoms with Crippen molar-refractivity contribution < 1.29 is 9.90 Å². The second-order valence-electron chi connectivity index (χ2n) is 4.78. The minimum atomic E-state index is -0.729. The van der Waals surface area contributed by atoms with E-state index in [-0.39, 0.29) is 6.42 Å². The van der Waals surface area contributed by atoms with Crippen LogP contribution in [0.3, 0.4) is 0 Å². The first kappa shape index (κ1) is 21.3.